The number of hydrogen-bond donors (Lipinski definition) is 1. The van der Waals surface area contributed by atoms with E-state index >= 15 is 0 Å². The van der Waals surface area contributed by atoms with Gasteiger partial charge in [-0.1, -0.05) is 0 Å². The number of nitrogens with zero attached hydrogens (tertiary/aromatic N) is 3. The Morgan fingerprint density at radius 3 is 2.17 bits per heavy atom. The fourth-order valence-electron chi connectivity index (χ4n) is 2.73. The molecule has 0 aliphatic carbocycles. The Bertz CT molecular complexity index is 215. The molecule has 2 atom stereocenters. The van der Waals surface area contributed by atoms with Gasteiger partial charge < -0.3 is 20.0 Å². The zero-order valence-corrected chi connectivity index (χ0v) is 12.9. The molecule has 0 aromatic rings. The van der Waals surface area contributed by atoms with Crippen LogP contribution in [0.25, 0.3) is 0 Å². The average Bonchev–Trinajstić information content (AvgIpc) is 2.35. The Hall–Kier alpha value is 0.359. The maximum atomic E-state index is 3.55. The average molecular weight is 295 g/mol. The van der Waals surface area contributed by atoms with Crippen molar-refractivity contribution in [3.8, 4) is 0 Å². The van der Waals surface area contributed by atoms with Gasteiger partial charge in [-0.05, 0) is 46.1 Å². The van der Waals surface area contributed by atoms with Crippen molar-refractivity contribution in [2.24, 2.45) is 0 Å². The van der Waals surface area contributed by atoms with Crippen LogP contribution in [-0.4, -0.2) is 87.2 Å². The molecule has 2 saturated heterocycles. The van der Waals surface area contributed by atoms with Crippen LogP contribution in [0.4, 0.5) is 0 Å². The van der Waals surface area contributed by atoms with Crippen molar-refractivity contribution in [1.82, 2.24) is 20.0 Å². The van der Waals surface area contributed by atoms with Gasteiger partial charge in [-0.3, -0.25) is 0 Å². The van der Waals surface area contributed by atoms with Crippen LogP contribution in [0.2, 0.25) is 0 Å². The molecule has 2 fully saturated rings. The Balaban J connectivity index is 0.00000162. The van der Waals surface area contributed by atoms with Crippen LogP contribution < -0.4 is 5.32 Å². The first-order valence-electron chi connectivity index (χ1n) is 7.18. The van der Waals surface area contributed by atoms with Gasteiger partial charge in [-0.2, -0.15) is 0 Å². The Labute approximate surface area is 123 Å². The minimum Gasteiger partial charge on any atom is -0.315 e. The first kappa shape index (κ1) is 16.4. The van der Waals surface area contributed by atoms with Crippen molar-refractivity contribution >= 4 is 0 Å². The third-order valence-electron chi connectivity index (χ3n) is 3.98. The van der Waals surface area contributed by atoms with Gasteiger partial charge in [0, 0.05) is 39.3 Å². The van der Waals surface area contributed by atoms with Crippen LogP contribution in [0.15, 0.2) is 0 Å². The number of nitrogens with one attached hydrogen (secondary N) is 1. The summed E-state index contributed by atoms with van der Waals surface area (Å²) < 4.78 is 0. The van der Waals surface area contributed by atoms with E-state index in [0.29, 0.717) is 0 Å². The van der Waals surface area contributed by atoms with E-state index < -0.39 is 0 Å². The molecule has 2 heterocycles. The SMILES string of the molecule is CN1CCCN2CCNCCCN(CC1)CC2.[Mn+2]. The summed E-state index contributed by atoms with van der Waals surface area (Å²) in [6.45, 7) is 12.3. The maximum absolute atomic E-state index is 3.55. The molecule has 2 aliphatic heterocycles. The Morgan fingerprint density at radius 1 is 0.667 bits per heavy atom. The molecular formula is C13H28MnN4+2. The molecule has 0 saturated carbocycles. The van der Waals surface area contributed by atoms with E-state index in [4.69, 9.17) is 0 Å². The molecule has 105 valence electrons. The summed E-state index contributed by atoms with van der Waals surface area (Å²) in [6, 6.07) is 0. The van der Waals surface area contributed by atoms with E-state index in [1.165, 1.54) is 71.7 Å². The molecule has 0 aromatic carbocycles. The number of rotatable bonds is 0. The molecular weight excluding hydrogens is 267 g/mol. The van der Waals surface area contributed by atoms with E-state index in [1.54, 1.807) is 0 Å². The molecule has 2 bridgehead atoms. The van der Waals surface area contributed by atoms with Crippen molar-refractivity contribution in [2.45, 2.75) is 12.8 Å². The molecule has 1 radical (unpaired) electrons. The standard InChI is InChI=1S/C13H28N4.Mn/c1-15-6-3-8-16-9-5-14-4-2-7-17(11-10-15)13-12-16;/h14H,2-13H2,1H3;/q;+2. The van der Waals surface area contributed by atoms with E-state index in [9.17, 15) is 0 Å². The van der Waals surface area contributed by atoms with Crippen molar-refractivity contribution in [2.75, 3.05) is 72.5 Å². The number of likely N-dealkylation sites (N-methyl/N-ethyl adjacent to an activating group) is 1. The van der Waals surface area contributed by atoms with Crippen LogP contribution in [0, 0.1) is 0 Å². The summed E-state index contributed by atoms with van der Waals surface area (Å²) in [5.41, 5.74) is 0. The summed E-state index contributed by atoms with van der Waals surface area (Å²) in [5, 5.41) is 3.55. The fraction of sp³-hybridized carbons (Fsp3) is 1.00. The van der Waals surface area contributed by atoms with E-state index in [-0.39, 0.29) is 17.1 Å². The van der Waals surface area contributed by atoms with Crippen LogP contribution in [0.3, 0.4) is 0 Å². The van der Waals surface area contributed by atoms with Gasteiger partial charge in [0.2, 0.25) is 0 Å². The van der Waals surface area contributed by atoms with Crippen LogP contribution in [0.5, 0.6) is 0 Å². The second-order valence-corrected chi connectivity index (χ2v) is 5.44. The largest absolute Gasteiger partial charge is 2.00 e. The number of fused-ring (bicyclic) bond motifs is 3. The zero-order chi connectivity index (χ0) is 11.9. The Kier molecular flexibility index (Phi) is 8.47. The molecule has 5 heteroatoms. The van der Waals surface area contributed by atoms with Crippen molar-refractivity contribution in [3.63, 3.8) is 0 Å². The van der Waals surface area contributed by atoms with Crippen LogP contribution >= 0.6 is 0 Å². The normalized spacial score (nSPS) is 32.5. The van der Waals surface area contributed by atoms with Gasteiger partial charge in [-0.15, -0.1) is 0 Å². The van der Waals surface area contributed by atoms with Gasteiger partial charge in [0.25, 0.3) is 0 Å². The third-order valence-corrected chi connectivity index (χ3v) is 3.98. The molecule has 0 amide bonds. The van der Waals surface area contributed by atoms with Gasteiger partial charge in [-0.25, -0.2) is 0 Å². The second kappa shape index (κ2) is 9.29. The molecule has 4 nitrogen and oxygen atoms in total. The van der Waals surface area contributed by atoms with Crippen LogP contribution in [0.1, 0.15) is 12.8 Å². The smallest absolute Gasteiger partial charge is 0.315 e. The quantitative estimate of drug-likeness (QED) is 0.631. The minimum atomic E-state index is 0. The monoisotopic (exact) mass is 295 g/mol. The van der Waals surface area contributed by atoms with Crippen molar-refractivity contribution < 1.29 is 17.1 Å². The predicted molar refractivity (Wildman–Crippen MR) is 72.5 cm³/mol. The second-order valence-electron chi connectivity index (χ2n) is 5.44. The van der Waals surface area contributed by atoms with E-state index in [2.05, 4.69) is 27.1 Å². The summed E-state index contributed by atoms with van der Waals surface area (Å²) in [7, 11) is 2.26. The molecule has 2 unspecified atom stereocenters. The summed E-state index contributed by atoms with van der Waals surface area (Å²) in [5.74, 6) is 0. The summed E-state index contributed by atoms with van der Waals surface area (Å²) in [6.07, 6.45) is 2.61. The predicted octanol–water partition coefficient (Wildman–Crippen LogP) is -0.0833. The first-order valence-corrected chi connectivity index (χ1v) is 7.18. The molecule has 2 aliphatic rings. The van der Waals surface area contributed by atoms with Gasteiger partial charge in [0.15, 0.2) is 0 Å². The topological polar surface area (TPSA) is 21.8 Å². The van der Waals surface area contributed by atoms with Crippen molar-refractivity contribution in [1.29, 1.82) is 0 Å². The van der Waals surface area contributed by atoms with Gasteiger partial charge in [0.05, 0.1) is 0 Å². The maximum Gasteiger partial charge on any atom is 2.00 e. The molecule has 0 spiro atoms. The first-order chi connectivity index (χ1) is 8.34. The van der Waals surface area contributed by atoms with Crippen molar-refractivity contribution in [3.05, 3.63) is 0 Å². The minimum absolute atomic E-state index is 0. The zero-order valence-electron chi connectivity index (χ0n) is 11.7. The molecule has 2 rings (SSSR count). The Morgan fingerprint density at radius 2 is 1.33 bits per heavy atom. The molecule has 0 aromatic heterocycles. The van der Waals surface area contributed by atoms with E-state index in [0.717, 1.165) is 6.54 Å². The summed E-state index contributed by atoms with van der Waals surface area (Å²) >= 11 is 0. The van der Waals surface area contributed by atoms with Gasteiger partial charge >= 0.3 is 17.1 Å². The van der Waals surface area contributed by atoms with Gasteiger partial charge in [0.1, 0.15) is 0 Å². The summed E-state index contributed by atoms with van der Waals surface area (Å²) in [4.78, 5) is 7.76. The van der Waals surface area contributed by atoms with E-state index in [1.807, 2.05) is 0 Å². The molecule has 1 N–H and O–H groups in total. The van der Waals surface area contributed by atoms with Crippen LogP contribution in [-0.2, 0) is 17.1 Å². The number of hydrogen-bond acceptors (Lipinski definition) is 4. The third kappa shape index (κ3) is 6.00. The molecule has 18 heavy (non-hydrogen) atoms. The fourth-order valence-corrected chi connectivity index (χ4v) is 2.73.